The molecule has 13 heavy (non-hydrogen) atoms. The van der Waals surface area contributed by atoms with Crippen LogP contribution in [0.5, 0.6) is 0 Å². The molecule has 1 unspecified atom stereocenters. The lowest BCUT2D eigenvalue weighted by Crippen LogP contribution is -2.44. The van der Waals surface area contributed by atoms with Crippen LogP contribution in [-0.2, 0) is 4.74 Å². The number of rotatable bonds is 5. The van der Waals surface area contributed by atoms with Gasteiger partial charge in [0.25, 0.3) is 0 Å². The number of allylic oxidation sites excluding steroid dienone is 1. The van der Waals surface area contributed by atoms with Crippen LogP contribution >= 0.6 is 0 Å². The molecule has 3 nitrogen and oxygen atoms in total. The van der Waals surface area contributed by atoms with E-state index in [0.29, 0.717) is 0 Å². The molecule has 1 rings (SSSR count). The molecule has 0 aromatic carbocycles. The Balaban J connectivity index is 2.14. The standard InChI is InChI=1S/C10H19NO2/c1-2-3-4-5-11-6-7-13-10(8-11)9-12/h2,10,12H,1,3-9H2. The lowest BCUT2D eigenvalue weighted by atomic mass is 10.2. The fourth-order valence-electron chi connectivity index (χ4n) is 1.55. The van der Waals surface area contributed by atoms with E-state index in [1.807, 2.05) is 6.08 Å². The highest BCUT2D eigenvalue weighted by Gasteiger charge is 2.18. The van der Waals surface area contributed by atoms with Gasteiger partial charge < -0.3 is 9.84 Å². The van der Waals surface area contributed by atoms with E-state index >= 15 is 0 Å². The molecule has 0 spiro atoms. The summed E-state index contributed by atoms with van der Waals surface area (Å²) < 4.78 is 5.35. The normalized spacial score (nSPS) is 24.5. The highest BCUT2D eigenvalue weighted by molar-refractivity contribution is 4.72. The molecule has 0 saturated carbocycles. The second kappa shape index (κ2) is 6.13. The lowest BCUT2D eigenvalue weighted by molar-refractivity contribution is -0.0527. The van der Waals surface area contributed by atoms with E-state index in [0.717, 1.165) is 39.1 Å². The Morgan fingerprint density at radius 1 is 1.62 bits per heavy atom. The van der Waals surface area contributed by atoms with Gasteiger partial charge in [0.1, 0.15) is 0 Å². The molecular formula is C10H19NO2. The summed E-state index contributed by atoms with van der Waals surface area (Å²) in [5.41, 5.74) is 0. The van der Waals surface area contributed by atoms with Crippen molar-refractivity contribution >= 4 is 0 Å². The Kier molecular flexibility index (Phi) is 5.05. The quantitative estimate of drug-likeness (QED) is 0.504. The van der Waals surface area contributed by atoms with Crippen LogP contribution < -0.4 is 0 Å². The molecular weight excluding hydrogens is 166 g/mol. The van der Waals surface area contributed by atoms with Crippen LogP contribution in [0.25, 0.3) is 0 Å². The van der Waals surface area contributed by atoms with E-state index in [1.54, 1.807) is 0 Å². The third kappa shape index (κ3) is 3.89. The van der Waals surface area contributed by atoms with Crippen molar-refractivity contribution in [2.45, 2.75) is 18.9 Å². The number of ether oxygens (including phenoxy) is 1. The van der Waals surface area contributed by atoms with E-state index in [4.69, 9.17) is 9.84 Å². The zero-order valence-corrected chi connectivity index (χ0v) is 8.11. The van der Waals surface area contributed by atoms with Crippen LogP contribution in [0.15, 0.2) is 12.7 Å². The van der Waals surface area contributed by atoms with Crippen molar-refractivity contribution in [2.75, 3.05) is 32.8 Å². The molecule has 3 heteroatoms. The Hall–Kier alpha value is -0.380. The fraction of sp³-hybridized carbons (Fsp3) is 0.800. The van der Waals surface area contributed by atoms with E-state index in [2.05, 4.69) is 11.5 Å². The molecule has 76 valence electrons. The minimum absolute atomic E-state index is 0.0254. The lowest BCUT2D eigenvalue weighted by Gasteiger charge is -2.31. The fourth-order valence-corrected chi connectivity index (χ4v) is 1.55. The summed E-state index contributed by atoms with van der Waals surface area (Å²) in [7, 11) is 0. The van der Waals surface area contributed by atoms with Crippen molar-refractivity contribution in [1.29, 1.82) is 0 Å². The Bertz CT molecular complexity index is 150. The van der Waals surface area contributed by atoms with Crippen LogP contribution in [0.3, 0.4) is 0 Å². The maximum atomic E-state index is 8.91. The number of morpholine rings is 1. The van der Waals surface area contributed by atoms with Gasteiger partial charge in [0.2, 0.25) is 0 Å². The monoisotopic (exact) mass is 185 g/mol. The topological polar surface area (TPSA) is 32.7 Å². The summed E-state index contributed by atoms with van der Waals surface area (Å²) in [5.74, 6) is 0. The van der Waals surface area contributed by atoms with Gasteiger partial charge >= 0.3 is 0 Å². The number of aliphatic hydroxyl groups is 1. The number of aliphatic hydroxyl groups excluding tert-OH is 1. The van der Waals surface area contributed by atoms with Crippen LogP contribution in [0.1, 0.15) is 12.8 Å². The first-order chi connectivity index (χ1) is 6.36. The first-order valence-corrected chi connectivity index (χ1v) is 4.92. The second-order valence-corrected chi connectivity index (χ2v) is 3.41. The molecule has 0 aliphatic carbocycles. The minimum Gasteiger partial charge on any atom is -0.394 e. The largest absolute Gasteiger partial charge is 0.394 e. The molecule has 0 radical (unpaired) electrons. The highest BCUT2D eigenvalue weighted by atomic mass is 16.5. The molecule has 1 fully saturated rings. The molecule has 0 aromatic rings. The average molecular weight is 185 g/mol. The molecule has 1 aliphatic rings. The highest BCUT2D eigenvalue weighted by Crippen LogP contribution is 2.05. The van der Waals surface area contributed by atoms with E-state index in [-0.39, 0.29) is 12.7 Å². The van der Waals surface area contributed by atoms with E-state index in [9.17, 15) is 0 Å². The van der Waals surface area contributed by atoms with Gasteiger partial charge in [0.15, 0.2) is 0 Å². The third-order valence-corrected chi connectivity index (χ3v) is 2.31. The predicted molar refractivity (Wildman–Crippen MR) is 52.7 cm³/mol. The minimum atomic E-state index is 0.0254. The van der Waals surface area contributed by atoms with Crippen LogP contribution in [-0.4, -0.2) is 49.0 Å². The molecule has 0 aromatic heterocycles. The van der Waals surface area contributed by atoms with E-state index in [1.165, 1.54) is 0 Å². The van der Waals surface area contributed by atoms with E-state index < -0.39 is 0 Å². The number of unbranched alkanes of at least 4 members (excludes halogenated alkanes) is 1. The van der Waals surface area contributed by atoms with Crippen LogP contribution in [0, 0.1) is 0 Å². The summed E-state index contributed by atoms with van der Waals surface area (Å²) in [5, 5.41) is 8.91. The predicted octanol–water partition coefficient (Wildman–Crippen LogP) is 0.646. The van der Waals surface area contributed by atoms with Gasteiger partial charge in [-0.2, -0.15) is 0 Å². The Labute approximate surface area is 80.0 Å². The maximum Gasteiger partial charge on any atom is 0.0932 e. The van der Waals surface area contributed by atoms with Gasteiger partial charge in [-0.25, -0.2) is 0 Å². The van der Waals surface area contributed by atoms with Crippen molar-refractivity contribution < 1.29 is 9.84 Å². The Morgan fingerprint density at radius 2 is 2.46 bits per heavy atom. The molecule has 1 heterocycles. The van der Waals surface area contributed by atoms with Gasteiger partial charge in [0, 0.05) is 13.1 Å². The average Bonchev–Trinajstić information content (AvgIpc) is 2.19. The van der Waals surface area contributed by atoms with Crippen LogP contribution in [0.2, 0.25) is 0 Å². The molecule has 0 amide bonds. The number of hydrogen-bond acceptors (Lipinski definition) is 3. The number of nitrogens with zero attached hydrogens (tertiary/aromatic N) is 1. The molecule has 0 bridgehead atoms. The summed E-state index contributed by atoms with van der Waals surface area (Å²) >= 11 is 0. The zero-order chi connectivity index (χ0) is 9.52. The Morgan fingerprint density at radius 3 is 3.15 bits per heavy atom. The first kappa shape index (κ1) is 10.7. The molecule has 1 atom stereocenters. The van der Waals surface area contributed by atoms with Crippen LogP contribution in [0.4, 0.5) is 0 Å². The van der Waals surface area contributed by atoms with Crippen molar-refractivity contribution in [3.05, 3.63) is 12.7 Å². The SMILES string of the molecule is C=CCCCN1CCOC(CO)C1. The summed E-state index contributed by atoms with van der Waals surface area (Å²) in [6.45, 7) is 7.53. The maximum absolute atomic E-state index is 8.91. The second-order valence-electron chi connectivity index (χ2n) is 3.41. The van der Waals surface area contributed by atoms with Crippen molar-refractivity contribution in [1.82, 2.24) is 4.90 Å². The van der Waals surface area contributed by atoms with Gasteiger partial charge in [-0.1, -0.05) is 6.08 Å². The molecule has 1 aliphatic heterocycles. The van der Waals surface area contributed by atoms with Gasteiger partial charge in [-0.05, 0) is 19.4 Å². The smallest absolute Gasteiger partial charge is 0.0932 e. The third-order valence-electron chi connectivity index (χ3n) is 2.31. The summed E-state index contributed by atoms with van der Waals surface area (Å²) in [6.07, 6.45) is 4.20. The van der Waals surface area contributed by atoms with Crippen molar-refractivity contribution in [2.24, 2.45) is 0 Å². The van der Waals surface area contributed by atoms with Gasteiger partial charge in [-0.15, -0.1) is 6.58 Å². The molecule has 1 saturated heterocycles. The van der Waals surface area contributed by atoms with Gasteiger partial charge in [0.05, 0.1) is 19.3 Å². The summed E-state index contributed by atoms with van der Waals surface area (Å²) in [4.78, 5) is 2.34. The van der Waals surface area contributed by atoms with Crippen molar-refractivity contribution in [3.8, 4) is 0 Å². The zero-order valence-electron chi connectivity index (χ0n) is 8.11. The molecule has 1 N–H and O–H groups in total. The van der Waals surface area contributed by atoms with Gasteiger partial charge in [-0.3, -0.25) is 4.90 Å². The summed E-state index contributed by atoms with van der Waals surface area (Å²) in [6, 6.07) is 0. The first-order valence-electron chi connectivity index (χ1n) is 4.92. The van der Waals surface area contributed by atoms with Crippen molar-refractivity contribution in [3.63, 3.8) is 0 Å². The number of hydrogen-bond donors (Lipinski definition) is 1.